The summed E-state index contributed by atoms with van der Waals surface area (Å²) >= 11 is 0. The molecule has 0 heterocycles. The van der Waals surface area contributed by atoms with Gasteiger partial charge in [-0.05, 0) is 55.8 Å². The second-order valence-corrected chi connectivity index (χ2v) is 5.27. The number of amides is 1. The van der Waals surface area contributed by atoms with Gasteiger partial charge in [-0.2, -0.15) is 0 Å². The van der Waals surface area contributed by atoms with Crippen molar-refractivity contribution in [2.24, 2.45) is 0 Å². The Balaban J connectivity index is 1.98. The van der Waals surface area contributed by atoms with Gasteiger partial charge in [0.15, 0.2) is 11.5 Å². The number of anilines is 2. The number of nitrogens with zero attached hydrogens (tertiary/aromatic N) is 1. The van der Waals surface area contributed by atoms with E-state index in [9.17, 15) is 15.0 Å². The lowest BCUT2D eigenvalue weighted by atomic mass is 10.1. The molecule has 0 unspecified atom stereocenters. The zero-order valence-electron chi connectivity index (χ0n) is 13.4. The standard InChI is InChI=1S/C18H22N2O3/c1-3-20(4-2)15-8-6-14(7-9-15)19-18(23)12-13-5-10-16(21)17(22)11-13/h5-11,21-22H,3-4,12H2,1-2H3,(H,19,23). The van der Waals surface area contributed by atoms with Crippen LogP contribution in [0.5, 0.6) is 11.5 Å². The second-order valence-electron chi connectivity index (χ2n) is 5.27. The summed E-state index contributed by atoms with van der Waals surface area (Å²) in [6.07, 6.45) is 0.131. The van der Waals surface area contributed by atoms with E-state index >= 15 is 0 Å². The topological polar surface area (TPSA) is 72.8 Å². The summed E-state index contributed by atoms with van der Waals surface area (Å²) in [5.41, 5.74) is 2.49. The number of carbonyl (C=O) groups excluding carboxylic acids is 1. The van der Waals surface area contributed by atoms with Gasteiger partial charge in [-0.25, -0.2) is 0 Å². The number of hydrogen-bond acceptors (Lipinski definition) is 4. The van der Waals surface area contributed by atoms with Crippen molar-refractivity contribution in [3.05, 3.63) is 48.0 Å². The molecule has 0 atom stereocenters. The first-order chi connectivity index (χ1) is 11.0. The molecule has 0 fully saturated rings. The molecule has 0 aliphatic carbocycles. The van der Waals surface area contributed by atoms with E-state index in [-0.39, 0.29) is 23.8 Å². The number of carbonyl (C=O) groups is 1. The van der Waals surface area contributed by atoms with Crippen LogP contribution in [0.3, 0.4) is 0 Å². The van der Waals surface area contributed by atoms with Gasteiger partial charge in [0.2, 0.25) is 5.91 Å². The Kier molecular flexibility index (Phi) is 5.46. The number of nitrogens with one attached hydrogen (secondary N) is 1. The number of phenols is 2. The van der Waals surface area contributed by atoms with Crippen molar-refractivity contribution in [3.8, 4) is 11.5 Å². The van der Waals surface area contributed by atoms with Crippen LogP contribution in [0.4, 0.5) is 11.4 Å². The number of rotatable bonds is 6. The van der Waals surface area contributed by atoms with Gasteiger partial charge in [0.1, 0.15) is 0 Å². The first-order valence-electron chi connectivity index (χ1n) is 7.69. The van der Waals surface area contributed by atoms with Crippen molar-refractivity contribution in [1.29, 1.82) is 0 Å². The van der Waals surface area contributed by atoms with Crippen molar-refractivity contribution in [2.75, 3.05) is 23.3 Å². The molecule has 2 rings (SSSR count). The normalized spacial score (nSPS) is 10.3. The Hall–Kier alpha value is -2.69. The van der Waals surface area contributed by atoms with Crippen LogP contribution in [-0.2, 0) is 11.2 Å². The molecular formula is C18H22N2O3. The summed E-state index contributed by atoms with van der Waals surface area (Å²) in [6, 6.07) is 12.1. The largest absolute Gasteiger partial charge is 0.504 e. The van der Waals surface area contributed by atoms with E-state index in [1.165, 1.54) is 12.1 Å². The number of hydrogen-bond donors (Lipinski definition) is 3. The van der Waals surface area contributed by atoms with Gasteiger partial charge in [-0.1, -0.05) is 6.07 Å². The molecule has 0 aromatic heterocycles. The van der Waals surface area contributed by atoms with Crippen molar-refractivity contribution in [2.45, 2.75) is 20.3 Å². The molecule has 0 saturated carbocycles. The molecule has 2 aromatic carbocycles. The number of phenolic OH excluding ortho intramolecular Hbond substituents is 2. The van der Waals surface area contributed by atoms with Crippen LogP contribution in [0.25, 0.3) is 0 Å². The predicted molar refractivity (Wildman–Crippen MR) is 92.1 cm³/mol. The summed E-state index contributed by atoms with van der Waals surface area (Å²) in [7, 11) is 0. The highest BCUT2D eigenvalue weighted by Crippen LogP contribution is 2.25. The van der Waals surface area contributed by atoms with Gasteiger partial charge < -0.3 is 20.4 Å². The maximum atomic E-state index is 12.0. The van der Waals surface area contributed by atoms with Gasteiger partial charge in [-0.15, -0.1) is 0 Å². The summed E-state index contributed by atoms with van der Waals surface area (Å²) < 4.78 is 0. The fourth-order valence-corrected chi connectivity index (χ4v) is 2.41. The maximum Gasteiger partial charge on any atom is 0.228 e. The Labute approximate surface area is 136 Å². The zero-order valence-corrected chi connectivity index (χ0v) is 13.4. The first-order valence-corrected chi connectivity index (χ1v) is 7.69. The Morgan fingerprint density at radius 3 is 2.22 bits per heavy atom. The lowest BCUT2D eigenvalue weighted by Crippen LogP contribution is -2.21. The molecule has 3 N–H and O–H groups in total. The van der Waals surface area contributed by atoms with E-state index in [1.54, 1.807) is 6.07 Å². The van der Waals surface area contributed by atoms with E-state index in [0.717, 1.165) is 24.5 Å². The molecule has 0 bridgehead atoms. The summed E-state index contributed by atoms with van der Waals surface area (Å²) in [6.45, 7) is 6.08. The quantitative estimate of drug-likeness (QED) is 0.716. The monoisotopic (exact) mass is 314 g/mol. The van der Waals surface area contributed by atoms with Gasteiger partial charge in [-0.3, -0.25) is 4.79 Å². The van der Waals surface area contributed by atoms with Gasteiger partial charge >= 0.3 is 0 Å². The highest BCUT2D eigenvalue weighted by atomic mass is 16.3. The fraction of sp³-hybridized carbons (Fsp3) is 0.278. The molecule has 2 aromatic rings. The molecule has 5 heteroatoms. The molecule has 0 aliphatic rings. The smallest absolute Gasteiger partial charge is 0.228 e. The SMILES string of the molecule is CCN(CC)c1ccc(NC(=O)Cc2ccc(O)c(O)c2)cc1. The molecule has 23 heavy (non-hydrogen) atoms. The van der Waals surface area contributed by atoms with E-state index < -0.39 is 0 Å². The van der Waals surface area contributed by atoms with E-state index in [0.29, 0.717) is 5.56 Å². The summed E-state index contributed by atoms with van der Waals surface area (Å²) in [5.74, 6) is -0.592. The Morgan fingerprint density at radius 2 is 1.65 bits per heavy atom. The van der Waals surface area contributed by atoms with Crippen molar-refractivity contribution >= 4 is 17.3 Å². The third-order valence-electron chi connectivity index (χ3n) is 3.68. The molecule has 5 nitrogen and oxygen atoms in total. The highest BCUT2D eigenvalue weighted by molar-refractivity contribution is 5.92. The summed E-state index contributed by atoms with van der Waals surface area (Å²) in [5, 5.41) is 21.5. The van der Waals surface area contributed by atoms with Crippen LogP contribution < -0.4 is 10.2 Å². The molecule has 122 valence electrons. The number of aromatic hydroxyl groups is 2. The van der Waals surface area contributed by atoms with Gasteiger partial charge in [0.05, 0.1) is 6.42 Å². The minimum Gasteiger partial charge on any atom is -0.504 e. The second kappa shape index (κ2) is 7.54. The Morgan fingerprint density at radius 1 is 1.00 bits per heavy atom. The molecule has 0 saturated heterocycles. The van der Waals surface area contributed by atoms with Crippen LogP contribution in [-0.4, -0.2) is 29.2 Å². The fourth-order valence-electron chi connectivity index (χ4n) is 2.41. The maximum absolute atomic E-state index is 12.0. The third kappa shape index (κ3) is 4.39. The minimum atomic E-state index is -0.223. The van der Waals surface area contributed by atoms with Crippen molar-refractivity contribution in [1.82, 2.24) is 0 Å². The van der Waals surface area contributed by atoms with Crippen LogP contribution in [0.15, 0.2) is 42.5 Å². The van der Waals surface area contributed by atoms with E-state index in [4.69, 9.17) is 0 Å². The van der Waals surface area contributed by atoms with Crippen LogP contribution in [0, 0.1) is 0 Å². The van der Waals surface area contributed by atoms with Crippen LogP contribution in [0.2, 0.25) is 0 Å². The van der Waals surface area contributed by atoms with E-state index in [2.05, 4.69) is 24.1 Å². The molecular weight excluding hydrogens is 292 g/mol. The van der Waals surface area contributed by atoms with E-state index in [1.807, 2.05) is 24.3 Å². The minimum absolute atomic E-state index is 0.131. The van der Waals surface area contributed by atoms with Crippen molar-refractivity contribution in [3.63, 3.8) is 0 Å². The zero-order chi connectivity index (χ0) is 16.8. The van der Waals surface area contributed by atoms with Crippen LogP contribution >= 0.6 is 0 Å². The summed E-state index contributed by atoms with van der Waals surface area (Å²) in [4.78, 5) is 14.3. The average Bonchev–Trinajstić information content (AvgIpc) is 2.53. The molecule has 0 aliphatic heterocycles. The Bertz CT molecular complexity index is 664. The predicted octanol–water partition coefficient (Wildman–Crippen LogP) is 3.13. The van der Waals surface area contributed by atoms with Crippen LogP contribution in [0.1, 0.15) is 19.4 Å². The average molecular weight is 314 g/mol. The van der Waals surface area contributed by atoms with Crippen molar-refractivity contribution < 1.29 is 15.0 Å². The number of benzene rings is 2. The molecule has 0 spiro atoms. The van der Waals surface area contributed by atoms with Gasteiger partial charge in [0, 0.05) is 24.5 Å². The third-order valence-corrected chi connectivity index (χ3v) is 3.68. The first kappa shape index (κ1) is 16.7. The molecule has 0 radical (unpaired) electrons. The highest BCUT2D eigenvalue weighted by Gasteiger charge is 2.07. The lowest BCUT2D eigenvalue weighted by Gasteiger charge is -2.21. The lowest BCUT2D eigenvalue weighted by molar-refractivity contribution is -0.115. The molecule has 1 amide bonds. The van der Waals surface area contributed by atoms with Gasteiger partial charge in [0.25, 0.3) is 0 Å².